The number of hydrogen-bond donors (Lipinski definition) is 2. The van der Waals surface area contributed by atoms with Crippen molar-refractivity contribution in [1.82, 2.24) is 0 Å². The van der Waals surface area contributed by atoms with Crippen molar-refractivity contribution in [3.8, 4) is 0 Å². The van der Waals surface area contributed by atoms with Gasteiger partial charge in [0.15, 0.2) is 0 Å². The fourth-order valence-corrected chi connectivity index (χ4v) is 1.72. The molecule has 0 aliphatic carbocycles. The molecule has 0 aromatic heterocycles. The molecule has 0 fully saturated rings. The Morgan fingerprint density at radius 1 is 1.08 bits per heavy atom. The zero-order chi connectivity index (χ0) is 10.1. The SMILES string of the molecule is CCCCC(CCCC)OP(O)O. The molecular weight excluding hydrogens is 187 g/mol. The van der Waals surface area contributed by atoms with Crippen LogP contribution >= 0.6 is 8.60 Å². The van der Waals surface area contributed by atoms with E-state index in [-0.39, 0.29) is 6.10 Å². The highest BCUT2D eigenvalue weighted by Crippen LogP contribution is 2.30. The van der Waals surface area contributed by atoms with Gasteiger partial charge in [-0.3, -0.25) is 0 Å². The van der Waals surface area contributed by atoms with Crippen molar-refractivity contribution in [2.45, 2.75) is 58.5 Å². The standard InChI is InChI=1S/C9H21O3P/c1-3-5-7-9(8-6-4-2)12-13(10)11/h9-11H,3-8H2,1-2H3. The van der Waals surface area contributed by atoms with Crippen molar-refractivity contribution in [2.24, 2.45) is 0 Å². The van der Waals surface area contributed by atoms with Crippen molar-refractivity contribution in [1.29, 1.82) is 0 Å². The predicted molar refractivity (Wildman–Crippen MR) is 55.3 cm³/mol. The summed E-state index contributed by atoms with van der Waals surface area (Å²) in [6.07, 6.45) is 6.37. The van der Waals surface area contributed by atoms with Crippen LogP contribution in [0.15, 0.2) is 0 Å². The third-order valence-electron chi connectivity index (χ3n) is 2.00. The second kappa shape index (κ2) is 8.89. The van der Waals surface area contributed by atoms with Gasteiger partial charge in [0.05, 0.1) is 6.10 Å². The van der Waals surface area contributed by atoms with E-state index < -0.39 is 8.60 Å². The van der Waals surface area contributed by atoms with Gasteiger partial charge in [0, 0.05) is 0 Å². The topological polar surface area (TPSA) is 49.7 Å². The van der Waals surface area contributed by atoms with Gasteiger partial charge >= 0.3 is 8.60 Å². The molecule has 0 atom stereocenters. The number of rotatable bonds is 8. The lowest BCUT2D eigenvalue weighted by atomic mass is 10.1. The lowest BCUT2D eigenvalue weighted by Gasteiger charge is -2.16. The van der Waals surface area contributed by atoms with E-state index in [0.717, 1.165) is 38.5 Å². The Kier molecular flexibility index (Phi) is 9.10. The molecule has 0 saturated carbocycles. The molecule has 0 unspecified atom stereocenters. The second-order valence-corrected chi connectivity index (χ2v) is 3.98. The second-order valence-electron chi connectivity index (χ2n) is 3.26. The third-order valence-corrected chi connectivity index (χ3v) is 2.49. The number of unbranched alkanes of at least 4 members (excludes halogenated alkanes) is 2. The maximum atomic E-state index is 8.72. The van der Waals surface area contributed by atoms with E-state index in [1.54, 1.807) is 0 Å². The van der Waals surface area contributed by atoms with E-state index in [1.165, 1.54) is 0 Å². The summed E-state index contributed by atoms with van der Waals surface area (Å²) in [6, 6.07) is 0. The molecule has 13 heavy (non-hydrogen) atoms. The van der Waals surface area contributed by atoms with Crippen LogP contribution in [0.25, 0.3) is 0 Å². The van der Waals surface area contributed by atoms with Crippen LogP contribution in [-0.2, 0) is 4.52 Å². The van der Waals surface area contributed by atoms with E-state index in [1.807, 2.05) is 0 Å². The van der Waals surface area contributed by atoms with Crippen molar-refractivity contribution < 1.29 is 14.3 Å². The van der Waals surface area contributed by atoms with Crippen molar-refractivity contribution >= 4 is 8.60 Å². The largest absolute Gasteiger partial charge is 0.328 e. The van der Waals surface area contributed by atoms with Crippen LogP contribution in [0.5, 0.6) is 0 Å². The fraction of sp³-hybridized carbons (Fsp3) is 1.00. The van der Waals surface area contributed by atoms with E-state index in [9.17, 15) is 0 Å². The smallest absolute Gasteiger partial charge is 0.327 e. The predicted octanol–water partition coefficient (Wildman–Crippen LogP) is 2.96. The Morgan fingerprint density at radius 3 is 1.85 bits per heavy atom. The molecular formula is C9H21O3P. The fourth-order valence-electron chi connectivity index (χ4n) is 1.25. The van der Waals surface area contributed by atoms with E-state index >= 15 is 0 Å². The van der Waals surface area contributed by atoms with Crippen LogP contribution < -0.4 is 0 Å². The summed E-state index contributed by atoms with van der Waals surface area (Å²) in [6.45, 7) is 4.25. The summed E-state index contributed by atoms with van der Waals surface area (Å²) >= 11 is 0. The third kappa shape index (κ3) is 8.63. The molecule has 80 valence electrons. The normalized spacial score (nSPS) is 11.5. The molecule has 0 aromatic rings. The molecule has 0 saturated heterocycles. The van der Waals surface area contributed by atoms with E-state index in [2.05, 4.69) is 13.8 Å². The van der Waals surface area contributed by atoms with Gasteiger partial charge < -0.3 is 14.3 Å². The molecule has 0 bridgehead atoms. The summed E-state index contributed by atoms with van der Waals surface area (Å²) in [5.74, 6) is 0. The minimum Gasteiger partial charge on any atom is -0.328 e. The van der Waals surface area contributed by atoms with Crippen LogP contribution in [0.2, 0.25) is 0 Å². The highest BCUT2D eigenvalue weighted by Gasteiger charge is 2.12. The first-order valence-electron chi connectivity index (χ1n) is 5.05. The molecule has 3 nitrogen and oxygen atoms in total. The molecule has 4 heteroatoms. The van der Waals surface area contributed by atoms with Crippen LogP contribution in [0, 0.1) is 0 Å². The molecule has 2 N–H and O–H groups in total. The summed E-state index contributed by atoms with van der Waals surface area (Å²) in [5, 5.41) is 0. The Balaban J connectivity index is 3.60. The van der Waals surface area contributed by atoms with Gasteiger partial charge in [0.2, 0.25) is 0 Å². The van der Waals surface area contributed by atoms with Crippen LogP contribution in [0.3, 0.4) is 0 Å². The summed E-state index contributed by atoms with van der Waals surface area (Å²) in [5.41, 5.74) is 0. The Bertz CT molecular complexity index is 101. The van der Waals surface area contributed by atoms with E-state index in [0.29, 0.717) is 0 Å². The van der Waals surface area contributed by atoms with Crippen LogP contribution in [0.1, 0.15) is 52.4 Å². The molecule has 0 amide bonds. The van der Waals surface area contributed by atoms with Gasteiger partial charge in [-0.05, 0) is 12.8 Å². The van der Waals surface area contributed by atoms with Crippen molar-refractivity contribution in [3.05, 3.63) is 0 Å². The zero-order valence-electron chi connectivity index (χ0n) is 8.57. The molecule has 0 aliphatic heterocycles. The maximum absolute atomic E-state index is 8.72. The highest BCUT2D eigenvalue weighted by atomic mass is 31.2. The molecule has 0 rings (SSSR count). The molecule has 0 spiro atoms. The molecule has 0 radical (unpaired) electrons. The van der Waals surface area contributed by atoms with Crippen molar-refractivity contribution in [3.63, 3.8) is 0 Å². The van der Waals surface area contributed by atoms with Gasteiger partial charge in [-0.1, -0.05) is 39.5 Å². The Morgan fingerprint density at radius 2 is 1.54 bits per heavy atom. The lowest BCUT2D eigenvalue weighted by molar-refractivity contribution is 0.149. The summed E-state index contributed by atoms with van der Waals surface area (Å²) in [4.78, 5) is 17.4. The lowest BCUT2D eigenvalue weighted by Crippen LogP contribution is -2.09. The minimum absolute atomic E-state index is 0.0426. The Hall–Kier alpha value is 0.310. The quantitative estimate of drug-likeness (QED) is 0.603. The molecule has 0 aromatic carbocycles. The average molecular weight is 208 g/mol. The Labute approximate surface area is 82.1 Å². The highest BCUT2D eigenvalue weighted by molar-refractivity contribution is 7.39. The van der Waals surface area contributed by atoms with Gasteiger partial charge in [0.25, 0.3) is 0 Å². The van der Waals surface area contributed by atoms with Gasteiger partial charge in [0.1, 0.15) is 0 Å². The van der Waals surface area contributed by atoms with Gasteiger partial charge in [-0.2, -0.15) is 0 Å². The summed E-state index contributed by atoms with van der Waals surface area (Å²) in [7, 11) is -2.17. The first kappa shape index (κ1) is 13.3. The first-order chi connectivity index (χ1) is 6.20. The zero-order valence-corrected chi connectivity index (χ0v) is 9.46. The summed E-state index contributed by atoms with van der Waals surface area (Å²) < 4.78 is 5.03. The average Bonchev–Trinajstić information content (AvgIpc) is 2.09. The first-order valence-corrected chi connectivity index (χ1v) is 6.21. The van der Waals surface area contributed by atoms with Crippen LogP contribution in [-0.4, -0.2) is 15.9 Å². The number of hydrogen-bond acceptors (Lipinski definition) is 3. The maximum Gasteiger partial charge on any atom is 0.327 e. The van der Waals surface area contributed by atoms with Gasteiger partial charge in [-0.15, -0.1) is 0 Å². The van der Waals surface area contributed by atoms with Crippen molar-refractivity contribution in [2.75, 3.05) is 0 Å². The molecule has 0 heterocycles. The van der Waals surface area contributed by atoms with Gasteiger partial charge in [-0.25, -0.2) is 0 Å². The van der Waals surface area contributed by atoms with Crippen LogP contribution in [0.4, 0.5) is 0 Å². The monoisotopic (exact) mass is 208 g/mol. The minimum atomic E-state index is -2.17. The van der Waals surface area contributed by atoms with E-state index in [4.69, 9.17) is 14.3 Å². The molecule has 0 aliphatic rings.